The second-order valence-corrected chi connectivity index (χ2v) is 6.18. The quantitative estimate of drug-likeness (QED) is 0.849. The molecule has 0 spiro atoms. The van der Waals surface area contributed by atoms with Crippen LogP contribution in [0.25, 0.3) is 0 Å². The molecular formula is C18H21NO2. The Balaban J connectivity index is 2.60. The molecule has 0 unspecified atom stereocenters. The maximum atomic E-state index is 12.6. The smallest absolute Gasteiger partial charge is 0.196 e. The van der Waals surface area contributed by atoms with Crippen LogP contribution < -0.4 is 5.73 Å². The Bertz CT molecular complexity index is 655. The summed E-state index contributed by atoms with van der Waals surface area (Å²) in [6.45, 7) is 6.40. The normalized spacial score (nSPS) is 11.4. The Morgan fingerprint density at radius 2 is 1.76 bits per heavy atom. The van der Waals surface area contributed by atoms with Crippen LogP contribution in [0, 0.1) is 0 Å². The summed E-state index contributed by atoms with van der Waals surface area (Å²) in [4.78, 5) is 12.6. The van der Waals surface area contributed by atoms with E-state index in [1.807, 2.05) is 24.3 Å². The molecule has 0 aliphatic rings. The van der Waals surface area contributed by atoms with E-state index in [4.69, 9.17) is 5.73 Å². The molecule has 0 radical (unpaired) electrons. The molecule has 0 heterocycles. The van der Waals surface area contributed by atoms with Crippen molar-refractivity contribution in [3.8, 4) is 5.75 Å². The van der Waals surface area contributed by atoms with Gasteiger partial charge in [-0.05, 0) is 17.0 Å². The van der Waals surface area contributed by atoms with Gasteiger partial charge in [0, 0.05) is 17.7 Å². The predicted octanol–water partition coefficient (Wildman–Crippen LogP) is 3.38. The van der Waals surface area contributed by atoms with Gasteiger partial charge in [-0.3, -0.25) is 4.79 Å². The van der Waals surface area contributed by atoms with E-state index in [0.717, 1.165) is 5.56 Å². The van der Waals surface area contributed by atoms with Gasteiger partial charge in [-0.1, -0.05) is 57.2 Å². The minimum absolute atomic E-state index is 0.0145. The zero-order chi connectivity index (χ0) is 15.6. The molecule has 0 aromatic heterocycles. The summed E-state index contributed by atoms with van der Waals surface area (Å²) >= 11 is 0. The predicted molar refractivity (Wildman–Crippen MR) is 84.6 cm³/mol. The number of aromatic hydroxyl groups is 1. The van der Waals surface area contributed by atoms with E-state index in [1.165, 1.54) is 0 Å². The lowest BCUT2D eigenvalue weighted by atomic mass is 9.83. The highest BCUT2D eigenvalue weighted by atomic mass is 16.3. The van der Waals surface area contributed by atoms with Crippen molar-refractivity contribution < 1.29 is 9.90 Å². The van der Waals surface area contributed by atoms with Crippen LogP contribution in [0.1, 0.15) is 47.8 Å². The van der Waals surface area contributed by atoms with E-state index in [1.54, 1.807) is 18.2 Å². The summed E-state index contributed by atoms with van der Waals surface area (Å²) in [5.41, 5.74) is 8.03. The number of hydrogen-bond donors (Lipinski definition) is 2. The van der Waals surface area contributed by atoms with Crippen molar-refractivity contribution in [2.24, 2.45) is 5.73 Å². The zero-order valence-electron chi connectivity index (χ0n) is 12.7. The SMILES string of the molecule is CC(C)(C)c1cc(CN)c(O)c(C(=O)c2ccccc2)c1. The van der Waals surface area contributed by atoms with Gasteiger partial charge >= 0.3 is 0 Å². The summed E-state index contributed by atoms with van der Waals surface area (Å²) in [5.74, 6) is -0.201. The van der Waals surface area contributed by atoms with E-state index >= 15 is 0 Å². The van der Waals surface area contributed by atoms with Crippen LogP contribution in [-0.4, -0.2) is 10.9 Å². The molecule has 3 heteroatoms. The number of nitrogens with two attached hydrogens (primary N) is 1. The van der Waals surface area contributed by atoms with Gasteiger partial charge in [0.1, 0.15) is 5.75 Å². The topological polar surface area (TPSA) is 63.3 Å². The fourth-order valence-electron chi connectivity index (χ4n) is 2.20. The van der Waals surface area contributed by atoms with Gasteiger partial charge in [-0.15, -0.1) is 0 Å². The molecule has 0 atom stereocenters. The molecule has 0 saturated heterocycles. The first kappa shape index (κ1) is 15.3. The molecule has 3 N–H and O–H groups in total. The summed E-state index contributed by atoms with van der Waals surface area (Å²) < 4.78 is 0. The Hall–Kier alpha value is -2.13. The zero-order valence-corrected chi connectivity index (χ0v) is 12.7. The van der Waals surface area contributed by atoms with Gasteiger partial charge in [-0.2, -0.15) is 0 Å². The molecule has 2 aromatic rings. The van der Waals surface area contributed by atoms with Crippen molar-refractivity contribution in [2.75, 3.05) is 0 Å². The lowest BCUT2D eigenvalue weighted by Crippen LogP contribution is -2.15. The molecule has 3 nitrogen and oxygen atoms in total. The number of rotatable bonds is 3. The van der Waals surface area contributed by atoms with Crippen LogP contribution >= 0.6 is 0 Å². The molecule has 2 rings (SSSR count). The molecule has 0 saturated carbocycles. The van der Waals surface area contributed by atoms with Crippen LogP contribution in [-0.2, 0) is 12.0 Å². The highest BCUT2D eigenvalue weighted by Gasteiger charge is 2.22. The number of ketones is 1. The first-order valence-corrected chi connectivity index (χ1v) is 7.00. The number of hydrogen-bond acceptors (Lipinski definition) is 3. The van der Waals surface area contributed by atoms with E-state index in [0.29, 0.717) is 16.7 Å². The summed E-state index contributed by atoms with van der Waals surface area (Å²) in [6.07, 6.45) is 0. The van der Waals surface area contributed by atoms with E-state index in [2.05, 4.69) is 20.8 Å². The third-order valence-corrected chi connectivity index (χ3v) is 3.56. The minimum Gasteiger partial charge on any atom is -0.507 e. The van der Waals surface area contributed by atoms with Crippen LogP contribution in [0.3, 0.4) is 0 Å². The van der Waals surface area contributed by atoms with Crippen molar-refractivity contribution >= 4 is 5.78 Å². The highest BCUT2D eigenvalue weighted by Crippen LogP contribution is 2.32. The van der Waals surface area contributed by atoms with Crippen molar-refractivity contribution in [1.29, 1.82) is 0 Å². The van der Waals surface area contributed by atoms with E-state index < -0.39 is 0 Å². The highest BCUT2D eigenvalue weighted by molar-refractivity contribution is 6.11. The Morgan fingerprint density at radius 1 is 1.14 bits per heavy atom. The lowest BCUT2D eigenvalue weighted by molar-refractivity contribution is 0.103. The molecular weight excluding hydrogens is 262 g/mol. The Morgan fingerprint density at radius 3 is 2.29 bits per heavy atom. The van der Waals surface area contributed by atoms with Gasteiger partial charge in [0.05, 0.1) is 5.56 Å². The molecule has 21 heavy (non-hydrogen) atoms. The van der Waals surface area contributed by atoms with Gasteiger partial charge in [0.25, 0.3) is 0 Å². The van der Waals surface area contributed by atoms with Gasteiger partial charge < -0.3 is 10.8 Å². The molecule has 0 amide bonds. The van der Waals surface area contributed by atoms with Gasteiger partial charge in [0.2, 0.25) is 0 Å². The summed E-state index contributed by atoms with van der Waals surface area (Å²) in [6, 6.07) is 12.6. The number of carbonyl (C=O) groups excluding carboxylic acids is 1. The average molecular weight is 283 g/mol. The number of phenolic OH excluding ortho intramolecular Hbond substituents is 1. The van der Waals surface area contributed by atoms with Crippen molar-refractivity contribution in [1.82, 2.24) is 0 Å². The third-order valence-electron chi connectivity index (χ3n) is 3.56. The second-order valence-electron chi connectivity index (χ2n) is 6.18. The molecule has 0 bridgehead atoms. The van der Waals surface area contributed by atoms with Gasteiger partial charge in [0.15, 0.2) is 5.78 Å². The minimum atomic E-state index is -0.186. The molecule has 0 fully saturated rings. The third kappa shape index (κ3) is 3.14. The summed E-state index contributed by atoms with van der Waals surface area (Å²) in [7, 11) is 0. The molecule has 2 aromatic carbocycles. The van der Waals surface area contributed by atoms with Gasteiger partial charge in [-0.25, -0.2) is 0 Å². The van der Waals surface area contributed by atoms with Crippen molar-refractivity contribution in [3.63, 3.8) is 0 Å². The maximum Gasteiger partial charge on any atom is 0.196 e. The number of carbonyl (C=O) groups is 1. The van der Waals surface area contributed by atoms with Crippen LogP contribution in [0.2, 0.25) is 0 Å². The Kier molecular flexibility index (Phi) is 4.14. The van der Waals surface area contributed by atoms with Crippen LogP contribution in [0.5, 0.6) is 5.75 Å². The largest absolute Gasteiger partial charge is 0.507 e. The average Bonchev–Trinajstić information content (AvgIpc) is 2.46. The van der Waals surface area contributed by atoms with Crippen LogP contribution in [0.4, 0.5) is 0 Å². The maximum absolute atomic E-state index is 12.6. The van der Waals surface area contributed by atoms with Crippen molar-refractivity contribution in [3.05, 3.63) is 64.7 Å². The van der Waals surface area contributed by atoms with E-state index in [-0.39, 0.29) is 23.5 Å². The molecule has 0 aliphatic heterocycles. The fourth-order valence-corrected chi connectivity index (χ4v) is 2.20. The number of benzene rings is 2. The van der Waals surface area contributed by atoms with E-state index in [9.17, 15) is 9.90 Å². The number of phenols is 1. The monoisotopic (exact) mass is 283 g/mol. The first-order chi connectivity index (χ1) is 9.84. The lowest BCUT2D eigenvalue weighted by Gasteiger charge is -2.22. The standard InChI is InChI=1S/C18H21NO2/c1-18(2,3)14-9-13(11-19)17(21)15(10-14)16(20)12-7-5-4-6-8-12/h4-10,21H,11,19H2,1-3H3. The Labute approximate surface area is 125 Å². The molecule has 0 aliphatic carbocycles. The van der Waals surface area contributed by atoms with Crippen LogP contribution in [0.15, 0.2) is 42.5 Å². The second kappa shape index (κ2) is 5.70. The molecule has 110 valence electrons. The fraction of sp³-hybridized carbons (Fsp3) is 0.278. The summed E-state index contributed by atoms with van der Waals surface area (Å²) in [5, 5.41) is 10.3. The van der Waals surface area contributed by atoms with Crippen molar-refractivity contribution in [2.45, 2.75) is 32.7 Å². The first-order valence-electron chi connectivity index (χ1n) is 7.00.